The van der Waals surface area contributed by atoms with Gasteiger partial charge < -0.3 is 20.3 Å². The van der Waals surface area contributed by atoms with Crippen LogP contribution in [-0.4, -0.2) is 72.8 Å². The number of nitrogens with zero attached hydrogens (tertiary/aromatic N) is 1. The first-order valence-corrected chi connectivity index (χ1v) is 5.67. The Balaban J connectivity index is 1.68. The van der Waals surface area contributed by atoms with Crippen LogP contribution >= 0.6 is 0 Å². The smallest absolute Gasteiger partial charge is 0.0964 e. The second-order valence-corrected chi connectivity index (χ2v) is 4.32. The van der Waals surface area contributed by atoms with E-state index in [1.807, 2.05) is 0 Å². The van der Waals surface area contributed by atoms with Crippen LogP contribution in [0.2, 0.25) is 0 Å². The summed E-state index contributed by atoms with van der Waals surface area (Å²) >= 11 is 0. The molecule has 2 rings (SSSR count). The molecule has 0 bridgehead atoms. The molecule has 0 unspecified atom stereocenters. The highest BCUT2D eigenvalue weighted by Gasteiger charge is 2.32. The lowest BCUT2D eigenvalue weighted by Gasteiger charge is -2.28. The molecule has 2 fully saturated rings. The molecule has 0 radical (unpaired) electrons. The Labute approximate surface area is 90.0 Å². The molecule has 15 heavy (non-hydrogen) atoms. The fourth-order valence-corrected chi connectivity index (χ4v) is 2.20. The van der Waals surface area contributed by atoms with Gasteiger partial charge in [-0.2, -0.15) is 0 Å². The van der Waals surface area contributed by atoms with E-state index in [2.05, 4.69) is 10.2 Å². The first-order chi connectivity index (χ1) is 7.27. The first-order valence-electron chi connectivity index (χ1n) is 5.67. The van der Waals surface area contributed by atoms with Crippen LogP contribution in [0, 0.1) is 0 Å². The summed E-state index contributed by atoms with van der Waals surface area (Å²) in [7, 11) is 0. The average Bonchev–Trinajstić information content (AvgIpc) is 2.59. The third-order valence-corrected chi connectivity index (χ3v) is 3.26. The Kier molecular flexibility index (Phi) is 3.93. The van der Waals surface area contributed by atoms with Crippen LogP contribution in [0.1, 0.15) is 6.42 Å². The summed E-state index contributed by atoms with van der Waals surface area (Å²) in [6.45, 7) is 5.04. The normalized spacial score (nSPS) is 38.4. The van der Waals surface area contributed by atoms with Crippen molar-refractivity contribution in [2.75, 3.05) is 39.4 Å². The number of rotatable bonds is 3. The van der Waals surface area contributed by atoms with E-state index in [1.54, 1.807) is 0 Å². The molecule has 0 aliphatic carbocycles. The van der Waals surface area contributed by atoms with E-state index >= 15 is 0 Å². The Hall–Kier alpha value is -0.200. The van der Waals surface area contributed by atoms with Gasteiger partial charge in [0.25, 0.3) is 0 Å². The topological polar surface area (TPSA) is 65.0 Å². The zero-order valence-corrected chi connectivity index (χ0v) is 8.93. The van der Waals surface area contributed by atoms with E-state index in [9.17, 15) is 10.2 Å². The SMILES string of the molecule is O[C@@H]1[C@H](CCN2CCOCC2)NC[C@@H]1O. The van der Waals surface area contributed by atoms with E-state index in [0.717, 1.165) is 39.3 Å². The van der Waals surface area contributed by atoms with Gasteiger partial charge in [0, 0.05) is 25.7 Å². The van der Waals surface area contributed by atoms with Crippen LogP contribution in [0.4, 0.5) is 0 Å². The highest BCUT2D eigenvalue weighted by molar-refractivity contribution is 4.90. The van der Waals surface area contributed by atoms with Crippen LogP contribution < -0.4 is 5.32 Å². The number of morpholine rings is 1. The van der Waals surface area contributed by atoms with Crippen molar-refractivity contribution in [2.24, 2.45) is 0 Å². The molecule has 5 nitrogen and oxygen atoms in total. The minimum absolute atomic E-state index is 0.0443. The van der Waals surface area contributed by atoms with Crippen LogP contribution in [0.15, 0.2) is 0 Å². The maximum Gasteiger partial charge on any atom is 0.0964 e. The molecule has 5 heteroatoms. The Bertz CT molecular complexity index is 197. The lowest BCUT2D eigenvalue weighted by Crippen LogP contribution is -2.41. The van der Waals surface area contributed by atoms with Crippen LogP contribution in [0.5, 0.6) is 0 Å². The largest absolute Gasteiger partial charge is 0.389 e. The van der Waals surface area contributed by atoms with Crippen molar-refractivity contribution in [3.05, 3.63) is 0 Å². The van der Waals surface area contributed by atoms with Gasteiger partial charge in [-0.1, -0.05) is 0 Å². The maximum absolute atomic E-state index is 9.63. The monoisotopic (exact) mass is 216 g/mol. The number of β-amino-alcohol motifs (C(OH)–C–C–N with tert-alkyl or cyclic N) is 1. The molecular formula is C10H20N2O3. The van der Waals surface area contributed by atoms with Crippen LogP contribution in [0.3, 0.4) is 0 Å². The summed E-state index contributed by atoms with van der Waals surface area (Å²) in [6, 6.07) is 0.0443. The fourth-order valence-electron chi connectivity index (χ4n) is 2.20. The molecule has 0 aromatic heterocycles. The molecule has 3 atom stereocenters. The molecule has 0 spiro atoms. The molecule has 2 heterocycles. The minimum Gasteiger partial charge on any atom is -0.389 e. The number of hydrogen-bond acceptors (Lipinski definition) is 5. The minimum atomic E-state index is -0.606. The van der Waals surface area contributed by atoms with E-state index in [0.29, 0.717) is 6.54 Å². The van der Waals surface area contributed by atoms with E-state index < -0.39 is 12.2 Å². The van der Waals surface area contributed by atoms with Gasteiger partial charge in [-0.15, -0.1) is 0 Å². The van der Waals surface area contributed by atoms with Gasteiger partial charge in [-0.3, -0.25) is 4.90 Å². The Morgan fingerprint density at radius 3 is 2.60 bits per heavy atom. The fraction of sp³-hybridized carbons (Fsp3) is 1.00. The lowest BCUT2D eigenvalue weighted by molar-refractivity contribution is 0.0232. The first kappa shape index (κ1) is 11.3. The number of aliphatic hydroxyl groups is 2. The summed E-state index contributed by atoms with van der Waals surface area (Å²) < 4.78 is 5.26. The molecule has 0 aromatic carbocycles. The molecule has 0 aromatic rings. The van der Waals surface area contributed by atoms with Crippen molar-refractivity contribution in [2.45, 2.75) is 24.7 Å². The molecule has 2 aliphatic rings. The van der Waals surface area contributed by atoms with Crippen molar-refractivity contribution >= 4 is 0 Å². The van der Waals surface area contributed by atoms with E-state index in [4.69, 9.17) is 4.74 Å². The molecule has 3 N–H and O–H groups in total. The van der Waals surface area contributed by atoms with Crippen molar-refractivity contribution in [1.82, 2.24) is 10.2 Å². The van der Waals surface area contributed by atoms with Gasteiger partial charge in [0.1, 0.15) is 0 Å². The van der Waals surface area contributed by atoms with Crippen molar-refractivity contribution in [1.29, 1.82) is 0 Å². The molecule has 88 valence electrons. The summed E-state index contributed by atoms with van der Waals surface area (Å²) in [5.74, 6) is 0. The average molecular weight is 216 g/mol. The highest BCUT2D eigenvalue weighted by atomic mass is 16.5. The highest BCUT2D eigenvalue weighted by Crippen LogP contribution is 2.12. The molecule has 2 aliphatic heterocycles. The number of nitrogens with one attached hydrogen (secondary N) is 1. The van der Waals surface area contributed by atoms with Crippen LogP contribution in [-0.2, 0) is 4.74 Å². The third kappa shape index (κ3) is 2.89. The predicted octanol–water partition coefficient (Wildman–Crippen LogP) is -1.60. The Morgan fingerprint density at radius 1 is 1.27 bits per heavy atom. The quantitative estimate of drug-likeness (QED) is 0.530. The van der Waals surface area contributed by atoms with Crippen molar-refractivity contribution in [3.63, 3.8) is 0 Å². The van der Waals surface area contributed by atoms with Crippen LogP contribution in [0.25, 0.3) is 0 Å². The second kappa shape index (κ2) is 5.23. The second-order valence-electron chi connectivity index (χ2n) is 4.32. The number of aliphatic hydroxyl groups excluding tert-OH is 2. The van der Waals surface area contributed by atoms with E-state index in [-0.39, 0.29) is 6.04 Å². The third-order valence-electron chi connectivity index (χ3n) is 3.26. The summed E-state index contributed by atoms with van der Waals surface area (Å²) in [5.41, 5.74) is 0. The summed E-state index contributed by atoms with van der Waals surface area (Å²) in [6.07, 6.45) is -0.316. The van der Waals surface area contributed by atoms with Gasteiger partial charge in [0.2, 0.25) is 0 Å². The number of hydrogen-bond donors (Lipinski definition) is 3. The Morgan fingerprint density at radius 2 is 2.00 bits per heavy atom. The molecular weight excluding hydrogens is 196 g/mol. The predicted molar refractivity (Wildman–Crippen MR) is 55.7 cm³/mol. The standard InChI is InChI=1S/C10H20N2O3/c13-9-7-11-8(10(9)14)1-2-12-3-5-15-6-4-12/h8-11,13-14H,1-7H2/t8-,9-,10+/m0/s1. The van der Waals surface area contributed by atoms with Gasteiger partial charge in [-0.05, 0) is 13.0 Å². The zero-order chi connectivity index (χ0) is 10.7. The lowest BCUT2D eigenvalue weighted by atomic mass is 10.1. The molecule has 0 amide bonds. The van der Waals surface area contributed by atoms with Gasteiger partial charge in [0.05, 0.1) is 25.4 Å². The van der Waals surface area contributed by atoms with Gasteiger partial charge in [-0.25, -0.2) is 0 Å². The maximum atomic E-state index is 9.63. The van der Waals surface area contributed by atoms with Crippen molar-refractivity contribution < 1.29 is 14.9 Å². The van der Waals surface area contributed by atoms with Gasteiger partial charge in [0.15, 0.2) is 0 Å². The molecule has 0 saturated carbocycles. The number of ether oxygens (including phenoxy) is 1. The molecule has 2 saturated heterocycles. The van der Waals surface area contributed by atoms with Crippen molar-refractivity contribution in [3.8, 4) is 0 Å². The van der Waals surface area contributed by atoms with Gasteiger partial charge >= 0.3 is 0 Å². The zero-order valence-electron chi connectivity index (χ0n) is 8.93. The van der Waals surface area contributed by atoms with E-state index in [1.165, 1.54) is 0 Å². The summed E-state index contributed by atoms with van der Waals surface area (Å²) in [4.78, 5) is 2.34. The summed E-state index contributed by atoms with van der Waals surface area (Å²) in [5, 5.41) is 22.1.